The Morgan fingerprint density at radius 3 is 2.35 bits per heavy atom. The monoisotopic (exact) mass is 291 g/mol. The van der Waals surface area contributed by atoms with E-state index in [9.17, 15) is 5.11 Å². The number of phenols is 1. The summed E-state index contributed by atoms with van der Waals surface area (Å²) in [5.74, 6) is 2.04. The van der Waals surface area contributed by atoms with Crippen LogP contribution in [0.5, 0.6) is 5.75 Å². The number of hydrogen-bond donors (Lipinski definition) is 2. The molecule has 0 radical (unpaired) electrons. The van der Waals surface area contributed by atoms with Crippen LogP contribution in [-0.4, -0.2) is 16.5 Å². The highest BCUT2D eigenvalue weighted by atomic mass is 35.5. The van der Waals surface area contributed by atoms with Gasteiger partial charge in [0, 0.05) is 17.1 Å². The number of alkyl halides is 1. The second kappa shape index (κ2) is 4.30. The molecule has 0 amide bonds. The van der Waals surface area contributed by atoms with Gasteiger partial charge in [-0.2, -0.15) is 0 Å². The van der Waals surface area contributed by atoms with Crippen LogP contribution in [0.15, 0.2) is 24.3 Å². The lowest BCUT2D eigenvalue weighted by atomic mass is 9.49. The molecular formula is C17H22ClNO. The molecule has 2 unspecified atom stereocenters. The van der Waals surface area contributed by atoms with E-state index in [4.69, 9.17) is 11.6 Å². The van der Waals surface area contributed by atoms with Crippen molar-refractivity contribution in [3.8, 4) is 5.75 Å². The molecule has 4 aliphatic carbocycles. The number of phenolic OH excluding ortho intramolecular Hbond substituents is 1. The predicted molar refractivity (Wildman–Crippen MR) is 82.3 cm³/mol. The molecule has 0 aromatic heterocycles. The minimum atomic E-state index is 0.0979. The Kier molecular flexibility index (Phi) is 2.76. The Labute approximate surface area is 125 Å². The lowest BCUT2D eigenvalue weighted by Crippen LogP contribution is -2.55. The number of halogens is 1. The molecule has 0 aliphatic heterocycles. The molecule has 2 N–H and O–H groups in total. The summed E-state index contributed by atoms with van der Waals surface area (Å²) in [7, 11) is 0. The van der Waals surface area contributed by atoms with Crippen molar-refractivity contribution in [2.24, 2.45) is 17.3 Å². The smallest absolute Gasteiger partial charge is 0.115 e. The molecule has 4 saturated carbocycles. The molecule has 4 fully saturated rings. The molecule has 0 heterocycles. The zero-order valence-electron chi connectivity index (χ0n) is 11.7. The summed E-state index contributed by atoms with van der Waals surface area (Å²) in [6.45, 7) is 1.03. The van der Waals surface area contributed by atoms with Crippen LogP contribution in [0.1, 0.15) is 38.5 Å². The van der Waals surface area contributed by atoms with Crippen LogP contribution >= 0.6 is 11.6 Å². The maximum Gasteiger partial charge on any atom is 0.115 e. The van der Waals surface area contributed by atoms with Crippen molar-refractivity contribution in [3.05, 3.63) is 24.3 Å². The van der Waals surface area contributed by atoms with Crippen molar-refractivity contribution in [1.82, 2.24) is 0 Å². The first kappa shape index (κ1) is 12.8. The summed E-state index contributed by atoms with van der Waals surface area (Å²) in [5, 5.41) is 12.9. The third kappa shape index (κ3) is 2.18. The van der Waals surface area contributed by atoms with Gasteiger partial charge in [0.15, 0.2) is 0 Å². The van der Waals surface area contributed by atoms with Gasteiger partial charge in [-0.25, -0.2) is 0 Å². The first-order valence-electron chi connectivity index (χ1n) is 7.76. The predicted octanol–water partition coefficient (Wildman–Crippen LogP) is 4.38. The molecule has 20 heavy (non-hydrogen) atoms. The maximum atomic E-state index is 9.34. The van der Waals surface area contributed by atoms with Crippen molar-refractivity contribution in [1.29, 1.82) is 0 Å². The summed E-state index contributed by atoms with van der Waals surface area (Å²) in [6.07, 6.45) is 7.78. The van der Waals surface area contributed by atoms with Crippen LogP contribution in [0.2, 0.25) is 0 Å². The molecule has 4 bridgehead atoms. The SMILES string of the molecule is Oc1ccc(NCC23CC4CC(CC(Cl)(C4)C2)C3)cc1. The third-order valence-electron chi connectivity index (χ3n) is 5.65. The third-order valence-corrected chi connectivity index (χ3v) is 6.09. The number of aromatic hydroxyl groups is 1. The van der Waals surface area contributed by atoms with Gasteiger partial charge < -0.3 is 10.4 Å². The van der Waals surface area contributed by atoms with Crippen molar-refractivity contribution in [3.63, 3.8) is 0 Å². The van der Waals surface area contributed by atoms with Crippen LogP contribution in [-0.2, 0) is 0 Å². The molecule has 0 saturated heterocycles. The van der Waals surface area contributed by atoms with Crippen LogP contribution in [0.3, 0.4) is 0 Å². The molecular weight excluding hydrogens is 270 g/mol. The number of rotatable bonds is 3. The average Bonchev–Trinajstić information content (AvgIpc) is 2.35. The topological polar surface area (TPSA) is 32.3 Å². The summed E-state index contributed by atoms with van der Waals surface area (Å²) in [6, 6.07) is 7.38. The molecule has 108 valence electrons. The maximum absolute atomic E-state index is 9.34. The molecule has 1 aromatic rings. The normalized spacial score (nSPS) is 41.9. The van der Waals surface area contributed by atoms with Crippen molar-refractivity contribution in [2.75, 3.05) is 11.9 Å². The van der Waals surface area contributed by atoms with Gasteiger partial charge >= 0.3 is 0 Å². The molecule has 2 nitrogen and oxygen atoms in total. The summed E-state index contributed by atoms with van der Waals surface area (Å²) in [5.41, 5.74) is 1.51. The summed E-state index contributed by atoms with van der Waals surface area (Å²) in [4.78, 5) is 0.0979. The number of anilines is 1. The van der Waals surface area contributed by atoms with Crippen LogP contribution in [0.25, 0.3) is 0 Å². The lowest BCUT2D eigenvalue weighted by molar-refractivity contribution is -0.0315. The van der Waals surface area contributed by atoms with Gasteiger partial charge in [0.2, 0.25) is 0 Å². The zero-order valence-corrected chi connectivity index (χ0v) is 12.5. The van der Waals surface area contributed by atoms with Crippen LogP contribution in [0, 0.1) is 17.3 Å². The van der Waals surface area contributed by atoms with E-state index in [1.807, 2.05) is 12.1 Å². The van der Waals surface area contributed by atoms with E-state index in [0.717, 1.165) is 24.1 Å². The molecule has 4 aliphatic rings. The van der Waals surface area contributed by atoms with Gasteiger partial charge in [0.25, 0.3) is 0 Å². The molecule has 3 heteroatoms. The number of hydrogen-bond acceptors (Lipinski definition) is 2. The van der Waals surface area contributed by atoms with Crippen LogP contribution < -0.4 is 5.32 Å². The Morgan fingerprint density at radius 1 is 1.10 bits per heavy atom. The summed E-state index contributed by atoms with van der Waals surface area (Å²) >= 11 is 6.86. The van der Waals surface area contributed by atoms with Gasteiger partial charge in [-0.05, 0) is 80.0 Å². The number of benzene rings is 1. The van der Waals surface area contributed by atoms with E-state index in [0.29, 0.717) is 11.2 Å². The fraction of sp³-hybridized carbons (Fsp3) is 0.647. The highest BCUT2D eigenvalue weighted by Gasteiger charge is 2.56. The van der Waals surface area contributed by atoms with Crippen molar-refractivity contribution in [2.45, 2.75) is 43.4 Å². The number of nitrogens with one attached hydrogen (secondary N) is 1. The van der Waals surface area contributed by atoms with E-state index in [-0.39, 0.29) is 4.87 Å². The first-order valence-corrected chi connectivity index (χ1v) is 8.14. The van der Waals surface area contributed by atoms with E-state index in [2.05, 4.69) is 5.32 Å². The van der Waals surface area contributed by atoms with Crippen LogP contribution in [0.4, 0.5) is 5.69 Å². The van der Waals surface area contributed by atoms with E-state index in [1.165, 1.54) is 38.5 Å². The Balaban J connectivity index is 1.49. The van der Waals surface area contributed by atoms with Gasteiger partial charge in [-0.1, -0.05) is 0 Å². The fourth-order valence-corrected chi connectivity index (χ4v) is 6.13. The van der Waals surface area contributed by atoms with E-state index >= 15 is 0 Å². The Morgan fingerprint density at radius 2 is 1.75 bits per heavy atom. The Bertz CT molecular complexity index is 498. The first-order chi connectivity index (χ1) is 9.54. The molecule has 5 rings (SSSR count). The second-order valence-corrected chi connectivity index (χ2v) is 8.31. The quantitative estimate of drug-likeness (QED) is 0.640. The minimum Gasteiger partial charge on any atom is -0.508 e. The lowest BCUT2D eigenvalue weighted by Gasteiger charge is -2.60. The average molecular weight is 292 g/mol. The second-order valence-electron chi connectivity index (χ2n) is 7.51. The van der Waals surface area contributed by atoms with Crippen molar-refractivity contribution >= 4 is 17.3 Å². The van der Waals surface area contributed by atoms with Gasteiger partial charge in [-0.15, -0.1) is 11.6 Å². The van der Waals surface area contributed by atoms with Gasteiger partial charge in [-0.3, -0.25) is 0 Å². The standard InChI is InChI=1S/C17H22ClNO/c18-17-8-12-5-13(9-17)7-16(6-12,10-17)11-19-14-1-3-15(20)4-2-14/h1-4,12-13,19-20H,5-11H2. The van der Waals surface area contributed by atoms with Crippen molar-refractivity contribution < 1.29 is 5.11 Å². The zero-order chi connectivity index (χ0) is 13.8. The Hall–Kier alpha value is -0.890. The van der Waals surface area contributed by atoms with Gasteiger partial charge in [0.05, 0.1) is 0 Å². The van der Waals surface area contributed by atoms with E-state index < -0.39 is 0 Å². The highest BCUT2D eigenvalue weighted by molar-refractivity contribution is 6.24. The fourth-order valence-electron chi connectivity index (χ4n) is 5.41. The van der Waals surface area contributed by atoms with Gasteiger partial charge in [0.1, 0.15) is 5.75 Å². The highest BCUT2D eigenvalue weighted by Crippen LogP contribution is 2.63. The van der Waals surface area contributed by atoms with E-state index in [1.54, 1.807) is 12.1 Å². The molecule has 0 spiro atoms. The largest absolute Gasteiger partial charge is 0.508 e. The minimum absolute atomic E-state index is 0.0979. The summed E-state index contributed by atoms with van der Waals surface area (Å²) < 4.78 is 0. The molecule has 1 aromatic carbocycles. The molecule has 2 atom stereocenters.